The number of carbonyl (C=O) groups is 1. The molecular weight excluding hydrogens is 392 g/mol. The van der Waals surface area contributed by atoms with Crippen LogP contribution in [0.5, 0.6) is 5.75 Å². The molecule has 7 nitrogen and oxygen atoms in total. The van der Waals surface area contributed by atoms with Crippen molar-refractivity contribution >= 4 is 15.9 Å². The van der Waals surface area contributed by atoms with E-state index in [0.29, 0.717) is 18.5 Å². The molecule has 2 N–H and O–H groups in total. The molecule has 0 unspecified atom stereocenters. The molecule has 0 radical (unpaired) electrons. The summed E-state index contributed by atoms with van der Waals surface area (Å²) >= 11 is 0. The minimum atomic E-state index is -3.66. The maximum atomic E-state index is 12.4. The van der Waals surface area contributed by atoms with E-state index in [4.69, 9.17) is 9.47 Å². The van der Waals surface area contributed by atoms with Crippen LogP contribution in [-0.4, -0.2) is 47.7 Å². The standard InChI is InChI=1S/C21H28N2O5S/c1-15-5-10-20(28-4)18(13-15)11-12-22-21(24)17-6-8-19(9-7-17)29(25,26)23-16(2)14-27-3/h5-10,13,16,23H,11-12,14H2,1-4H3,(H,22,24)/t16-/m0/s1. The molecule has 0 aromatic heterocycles. The van der Waals surface area contributed by atoms with Gasteiger partial charge >= 0.3 is 0 Å². The van der Waals surface area contributed by atoms with Crippen molar-refractivity contribution in [3.63, 3.8) is 0 Å². The number of aryl methyl sites for hydroxylation is 1. The van der Waals surface area contributed by atoms with E-state index in [1.165, 1.54) is 31.4 Å². The number of hydrogen-bond acceptors (Lipinski definition) is 5. The van der Waals surface area contributed by atoms with E-state index < -0.39 is 10.0 Å². The molecule has 0 bridgehead atoms. The molecule has 0 spiro atoms. The summed E-state index contributed by atoms with van der Waals surface area (Å²) in [5, 5.41) is 2.85. The van der Waals surface area contributed by atoms with Gasteiger partial charge in [0.2, 0.25) is 10.0 Å². The van der Waals surface area contributed by atoms with Crippen LogP contribution in [0.15, 0.2) is 47.4 Å². The lowest BCUT2D eigenvalue weighted by atomic mass is 10.1. The van der Waals surface area contributed by atoms with Crippen LogP contribution in [0, 0.1) is 6.92 Å². The number of rotatable bonds is 10. The molecule has 0 aliphatic rings. The van der Waals surface area contributed by atoms with Crippen LogP contribution in [0.3, 0.4) is 0 Å². The molecule has 0 aliphatic carbocycles. The number of hydrogen-bond donors (Lipinski definition) is 2. The normalized spacial score (nSPS) is 12.4. The summed E-state index contributed by atoms with van der Waals surface area (Å²) in [6.45, 7) is 4.42. The average molecular weight is 421 g/mol. The zero-order valence-electron chi connectivity index (χ0n) is 17.2. The number of methoxy groups -OCH3 is 2. The van der Waals surface area contributed by atoms with Crippen molar-refractivity contribution in [2.24, 2.45) is 0 Å². The molecule has 0 saturated heterocycles. The Bertz CT molecular complexity index is 927. The van der Waals surface area contributed by atoms with Crippen molar-refractivity contribution in [1.29, 1.82) is 0 Å². The minimum absolute atomic E-state index is 0.0986. The first kappa shape index (κ1) is 22.9. The van der Waals surface area contributed by atoms with Gasteiger partial charge in [0.15, 0.2) is 0 Å². The summed E-state index contributed by atoms with van der Waals surface area (Å²) in [5.41, 5.74) is 2.54. The van der Waals surface area contributed by atoms with Gasteiger partial charge in [-0.25, -0.2) is 13.1 Å². The van der Waals surface area contributed by atoms with Gasteiger partial charge in [-0.2, -0.15) is 0 Å². The van der Waals surface area contributed by atoms with Crippen LogP contribution < -0.4 is 14.8 Å². The van der Waals surface area contributed by atoms with Crippen LogP contribution in [0.4, 0.5) is 0 Å². The van der Waals surface area contributed by atoms with E-state index in [9.17, 15) is 13.2 Å². The third-order valence-electron chi connectivity index (χ3n) is 4.32. The van der Waals surface area contributed by atoms with Gasteiger partial charge in [0.1, 0.15) is 5.75 Å². The molecule has 1 atom stereocenters. The highest BCUT2D eigenvalue weighted by atomic mass is 32.2. The summed E-state index contributed by atoms with van der Waals surface area (Å²) < 4.78 is 37.5. The Hall–Kier alpha value is -2.42. The van der Waals surface area contributed by atoms with Crippen molar-refractivity contribution in [2.45, 2.75) is 31.2 Å². The number of nitrogens with one attached hydrogen (secondary N) is 2. The summed E-state index contributed by atoms with van der Waals surface area (Å²) in [6, 6.07) is 11.4. The largest absolute Gasteiger partial charge is 0.496 e. The van der Waals surface area contributed by atoms with Crippen molar-refractivity contribution in [3.8, 4) is 5.75 Å². The number of carbonyl (C=O) groups excluding carboxylic acids is 1. The van der Waals surface area contributed by atoms with Gasteiger partial charge in [-0.15, -0.1) is 0 Å². The smallest absolute Gasteiger partial charge is 0.251 e. The SMILES string of the molecule is COC[C@H](C)NS(=O)(=O)c1ccc(C(=O)NCCc2cc(C)ccc2OC)cc1. The van der Waals surface area contributed by atoms with Crippen LogP contribution in [-0.2, 0) is 21.2 Å². The van der Waals surface area contributed by atoms with Crippen molar-refractivity contribution in [1.82, 2.24) is 10.0 Å². The molecule has 29 heavy (non-hydrogen) atoms. The zero-order chi connectivity index (χ0) is 21.4. The Morgan fingerprint density at radius 3 is 2.41 bits per heavy atom. The maximum absolute atomic E-state index is 12.4. The van der Waals surface area contributed by atoms with Gasteiger partial charge in [-0.05, 0) is 56.2 Å². The van der Waals surface area contributed by atoms with E-state index in [1.54, 1.807) is 14.0 Å². The predicted octanol–water partition coefficient (Wildman–Crippen LogP) is 2.29. The van der Waals surface area contributed by atoms with Crippen molar-refractivity contribution in [3.05, 3.63) is 59.2 Å². The molecule has 0 heterocycles. The number of amides is 1. The highest BCUT2D eigenvalue weighted by Gasteiger charge is 2.18. The van der Waals surface area contributed by atoms with Crippen molar-refractivity contribution in [2.75, 3.05) is 27.4 Å². The molecule has 1 amide bonds. The zero-order valence-corrected chi connectivity index (χ0v) is 18.0. The predicted molar refractivity (Wildman–Crippen MR) is 112 cm³/mol. The van der Waals surface area contributed by atoms with E-state index in [1.807, 2.05) is 25.1 Å². The second-order valence-electron chi connectivity index (χ2n) is 6.82. The quantitative estimate of drug-likeness (QED) is 0.615. The summed E-state index contributed by atoms with van der Waals surface area (Å²) in [5.74, 6) is 0.524. The summed E-state index contributed by atoms with van der Waals surface area (Å²) in [7, 11) is -0.539. The Morgan fingerprint density at radius 2 is 1.79 bits per heavy atom. The van der Waals surface area contributed by atoms with Crippen LogP contribution in [0.25, 0.3) is 0 Å². The molecule has 2 aromatic rings. The Balaban J connectivity index is 1.96. The van der Waals surface area contributed by atoms with E-state index in [0.717, 1.165) is 16.9 Å². The summed E-state index contributed by atoms with van der Waals surface area (Å²) in [6.07, 6.45) is 0.629. The van der Waals surface area contributed by atoms with Gasteiger partial charge in [-0.3, -0.25) is 4.79 Å². The molecule has 2 rings (SSSR count). The maximum Gasteiger partial charge on any atom is 0.251 e. The Labute approximate surface area is 172 Å². The lowest BCUT2D eigenvalue weighted by Gasteiger charge is -2.13. The Kier molecular flexibility index (Phi) is 8.19. The van der Waals surface area contributed by atoms with E-state index in [-0.39, 0.29) is 23.5 Å². The third-order valence-corrected chi connectivity index (χ3v) is 5.92. The van der Waals surface area contributed by atoms with E-state index >= 15 is 0 Å². The van der Waals surface area contributed by atoms with Gasteiger partial charge in [0.05, 0.1) is 18.6 Å². The Morgan fingerprint density at radius 1 is 1.10 bits per heavy atom. The summed E-state index contributed by atoms with van der Waals surface area (Å²) in [4.78, 5) is 12.5. The van der Waals surface area contributed by atoms with Gasteiger partial charge in [0, 0.05) is 25.3 Å². The first-order valence-corrected chi connectivity index (χ1v) is 10.8. The second-order valence-corrected chi connectivity index (χ2v) is 8.54. The van der Waals surface area contributed by atoms with Crippen molar-refractivity contribution < 1.29 is 22.7 Å². The highest BCUT2D eigenvalue weighted by molar-refractivity contribution is 7.89. The molecule has 0 fully saturated rings. The number of benzene rings is 2. The molecule has 158 valence electrons. The molecule has 2 aromatic carbocycles. The van der Waals surface area contributed by atoms with Gasteiger partial charge in [0.25, 0.3) is 5.91 Å². The monoisotopic (exact) mass is 420 g/mol. The second kappa shape index (κ2) is 10.4. The fourth-order valence-electron chi connectivity index (χ4n) is 2.92. The fourth-order valence-corrected chi connectivity index (χ4v) is 4.15. The first-order chi connectivity index (χ1) is 13.8. The molecule has 0 saturated carbocycles. The minimum Gasteiger partial charge on any atom is -0.496 e. The van der Waals surface area contributed by atoms with Gasteiger partial charge < -0.3 is 14.8 Å². The fraction of sp³-hybridized carbons (Fsp3) is 0.381. The highest BCUT2D eigenvalue weighted by Crippen LogP contribution is 2.20. The topological polar surface area (TPSA) is 93.7 Å². The first-order valence-electron chi connectivity index (χ1n) is 9.30. The van der Waals surface area contributed by atoms with Gasteiger partial charge in [-0.1, -0.05) is 17.7 Å². The van der Waals surface area contributed by atoms with Crippen LogP contribution in [0.1, 0.15) is 28.4 Å². The average Bonchev–Trinajstić information content (AvgIpc) is 2.68. The number of ether oxygens (including phenoxy) is 2. The third kappa shape index (κ3) is 6.56. The number of sulfonamides is 1. The molecule has 0 aliphatic heterocycles. The lowest BCUT2D eigenvalue weighted by Crippen LogP contribution is -2.35. The van der Waals surface area contributed by atoms with E-state index in [2.05, 4.69) is 10.0 Å². The lowest BCUT2D eigenvalue weighted by molar-refractivity contribution is 0.0954. The molecule has 8 heteroatoms. The van der Waals surface area contributed by atoms with Crippen LogP contribution in [0.2, 0.25) is 0 Å². The van der Waals surface area contributed by atoms with Crippen LogP contribution >= 0.6 is 0 Å². The molecular formula is C21H28N2O5S.